The van der Waals surface area contributed by atoms with Gasteiger partial charge in [-0.1, -0.05) is 13.3 Å². The number of unbranched alkanes of at least 4 members (excludes halogenated alkanes) is 1. The van der Waals surface area contributed by atoms with Crippen LogP contribution in [0.25, 0.3) is 5.69 Å². The van der Waals surface area contributed by atoms with Gasteiger partial charge in [-0.3, -0.25) is 4.57 Å². The number of nitrogen functional groups attached to an aromatic ring is 1. The van der Waals surface area contributed by atoms with Crippen molar-refractivity contribution in [3.8, 4) is 11.4 Å². The normalized spacial score (nSPS) is 10.4. The van der Waals surface area contributed by atoms with Crippen LogP contribution >= 0.6 is 0 Å². The lowest BCUT2D eigenvalue weighted by Gasteiger charge is -2.11. The van der Waals surface area contributed by atoms with E-state index in [1.807, 2.05) is 18.2 Å². The highest BCUT2D eigenvalue weighted by molar-refractivity contribution is 5.56. The maximum Gasteiger partial charge on any atom is 0.143 e. The zero-order valence-electron chi connectivity index (χ0n) is 9.84. The van der Waals surface area contributed by atoms with Crippen molar-refractivity contribution in [2.45, 2.75) is 19.8 Å². The molecule has 0 aliphatic heterocycles. The highest BCUT2D eigenvalue weighted by atomic mass is 16.5. The minimum atomic E-state index is 0.691. The molecule has 2 aromatic rings. The van der Waals surface area contributed by atoms with Gasteiger partial charge in [-0.05, 0) is 24.6 Å². The van der Waals surface area contributed by atoms with E-state index in [0.29, 0.717) is 12.3 Å². The van der Waals surface area contributed by atoms with Gasteiger partial charge in [-0.2, -0.15) is 0 Å². The van der Waals surface area contributed by atoms with Gasteiger partial charge < -0.3 is 10.5 Å². The van der Waals surface area contributed by atoms with E-state index in [0.717, 1.165) is 24.3 Å². The van der Waals surface area contributed by atoms with E-state index in [1.165, 1.54) is 0 Å². The van der Waals surface area contributed by atoms with E-state index in [2.05, 4.69) is 17.1 Å². The number of nitrogens with two attached hydrogens (primary N) is 1. The minimum absolute atomic E-state index is 0.691. The molecule has 0 unspecified atom stereocenters. The average Bonchev–Trinajstić information content (AvgIpc) is 2.85. The van der Waals surface area contributed by atoms with E-state index in [4.69, 9.17) is 10.5 Å². The molecule has 0 bridgehead atoms. The van der Waals surface area contributed by atoms with Crippen LogP contribution < -0.4 is 10.5 Å². The Morgan fingerprint density at radius 2 is 2.06 bits per heavy atom. The molecule has 0 aliphatic carbocycles. The van der Waals surface area contributed by atoms with Gasteiger partial charge in [0, 0.05) is 5.69 Å². The summed E-state index contributed by atoms with van der Waals surface area (Å²) in [4.78, 5) is 0. The average molecular weight is 232 g/mol. The fraction of sp³-hybridized carbons (Fsp3) is 0.333. The number of ether oxygens (including phenoxy) is 1. The van der Waals surface area contributed by atoms with Crippen molar-refractivity contribution in [1.82, 2.24) is 14.8 Å². The number of hydrogen-bond donors (Lipinski definition) is 1. The zero-order valence-corrected chi connectivity index (χ0v) is 9.84. The number of aromatic nitrogens is 3. The quantitative estimate of drug-likeness (QED) is 0.632. The Morgan fingerprint density at radius 3 is 2.76 bits per heavy atom. The zero-order chi connectivity index (χ0) is 12.1. The molecule has 0 radical (unpaired) electrons. The third-order valence-corrected chi connectivity index (χ3v) is 2.44. The second kappa shape index (κ2) is 5.34. The van der Waals surface area contributed by atoms with Crippen molar-refractivity contribution in [3.05, 3.63) is 30.9 Å². The van der Waals surface area contributed by atoms with Crippen LogP contribution in [0.15, 0.2) is 30.9 Å². The van der Waals surface area contributed by atoms with Gasteiger partial charge in [0.05, 0.1) is 12.3 Å². The van der Waals surface area contributed by atoms with Crippen molar-refractivity contribution in [2.24, 2.45) is 0 Å². The third kappa shape index (κ3) is 2.75. The van der Waals surface area contributed by atoms with Gasteiger partial charge in [0.2, 0.25) is 0 Å². The van der Waals surface area contributed by atoms with E-state index >= 15 is 0 Å². The van der Waals surface area contributed by atoms with Crippen LogP contribution in [0.2, 0.25) is 0 Å². The lowest BCUT2D eigenvalue weighted by atomic mass is 10.2. The molecule has 1 aromatic carbocycles. The maximum absolute atomic E-state index is 5.78. The number of hydrogen-bond acceptors (Lipinski definition) is 4. The van der Waals surface area contributed by atoms with Gasteiger partial charge >= 0.3 is 0 Å². The van der Waals surface area contributed by atoms with Crippen LogP contribution in [0.4, 0.5) is 5.69 Å². The molecule has 1 aromatic heterocycles. The first-order chi connectivity index (χ1) is 8.31. The lowest BCUT2D eigenvalue weighted by molar-refractivity contribution is 0.308. The predicted molar refractivity (Wildman–Crippen MR) is 66.2 cm³/mol. The van der Waals surface area contributed by atoms with Crippen LogP contribution in [-0.4, -0.2) is 21.4 Å². The molecule has 90 valence electrons. The summed E-state index contributed by atoms with van der Waals surface area (Å²) in [5.41, 5.74) is 7.34. The largest absolute Gasteiger partial charge is 0.491 e. The molecule has 2 N–H and O–H groups in total. The molecule has 0 amide bonds. The summed E-state index contributed by atoms with van der Waals surface area (Å²) < 4.78 is 7.51. The maximum atomic E-state index is 5.78. The van der Waals surface area contributed by atoms with Gasteiger partial charge in [-0.25, -0.2) is 0 Å². The molecule has 0 spiro atoms. The Bertz CT molecular complexity index is 467. The van der Waals surface area contributed by atoms with Gasteiger partial charge in [0.25, 0.3) is 0 Å². The molecule has 2 rings (SSSR count). The highest BCUT2D eigenvalue weighted by Gasteiger charge is 2.06. The number of rotatable bonds is 5. The Balaban J connectivity index is 2.25. The molecular formula is C12H16N4O. The highest BCUT2D eigenvalue weighted by Crippen LogP contribution is 2.25. The summed E-state index contributed by atoms with van der Waals surface area (Å²) in [6, 6.07) is 5.56. The van der Waals surface area contributed by atoms with E-state index < -0.39 is 0 Å². The number of nitrogens with zero attached hydrogens (tertiary/aromatic N) is 3. The summed E-state index contributed by atoms with van der Waals surface area (Å²) >= 11 is 0. The molecular weight excluding hydrogens is 216 g/mol. The standard InChI is InChI=1S/C12H16N4O/c1-2-3-6-17-12-5-4-10(13)7-11(12)16-8-14-15-9-16/h4-5,7-9H,2-3,6,13H2,1H3. The van der Waals surface area contributed by atoms with Gasteiger partial charge in [0.1, 0.15) is 18.4 Å². The molecule has 0 saturated heterocycles. The summed E-state index contributed by atoms with van der Waals surface area (Å²) in [6.07, 6.45) is 5.39. The Labute approximate surface area is 100 Å². The number of anilines is 1. The van der Waals surface area contributed by atoms with Crippen LogP contribution in [0, 0.1) is 0 Å². The molecule has 0 fully saturated rings. The van der Waals surface area contributed by atoms with E-state index in [1.54, 1.807) is 17.2 Å². The van der Waals surface area contributed by atoms with Crippen LogP contribution in [0.5, 0.6) is 5.75 Å². The van der Waals surface area contributed by atoms with Crippen molar-refractivity contribution in [1.29, 1.82) is 0 Å². The fourth-order valence-corrected chi connectivity index (χ4v) is 1.51. The second-order valence-corrected chi connectivity index (χ2v) is 3.80. The SMILES string of the molecule is CCCCOc1ccc(N)cc1-n1cnnc1. The monoisotopic (exact) mass is 232 g/mol. The Morgan fingerprint density at radius 1 is 1.29 bits per heavy atom. The van der Waals surface area contributed by atoms with Crippen LogP contribution in [0.1, 0.15) is 19.8 Å². The van der Waals surface area contributed by atoms with Crippen LogP contribution in [-0.2, 0) is 0 Å². The number of benzene rings is 1. The molecule has 1 heterocycles. The Kier molecular flexibility index (Phi) is 3.59. The van der Waals surface area contributed by atoms with Crippen molar-refractivity contribution >= 4 is 5.69 Å². The molecule has 0 aliphatic rings. The molecule has 5 nitrogen and oxygen atoms in total. The van der Waals surface area contributed by atoms with Crippen molar-refractivity contribution in [3.63, 3.8) is 0 Å². The first-order valence-corrected chi connectivity index (χ1v) is 5.68. The van der Waals surface area contributed by atoms with Gasteiger partial charge in [-0.15, -0.1) is 10.2 Å². The van der Waals surface area contributed by atoms with Gasteiger partial charge in [0.15, 0.2) is 0 Å². The van der Waals surface area contributed by atoms with Crippen molar-refractivity contribution < 1.29 is 4.74 Å². The van der Waals surface area contributed by atoms with Crippen molar-refractivity contribution in [2.75, 3.05) is 12.3 Å². The predicted octanol–water partition coefficient (Wildman–Crippen LogP) is 2.03. The molecule has 0 saturated carbocycles. The van der Waals surface area contributed by atoms with Crippen LogP contribution in [0.3, 0.4) is 0 Å². The summed E-state index contributed by atoms with van der Waals surface area (Å²) in [7, 11) is 0. The molecule has 0 atom stereocenters. The van der Waals surface area contributed by atoms with E-state index in [-0.39, 0.29) is 0 Å². The summed E-state index contributed by atoms with van der Waals surface area (Å²) in [5, 5.41) is 7.56. The fourth-order valence-electron chi connectivity index (χ4n) is 1.51. The first-order valence-electron chi connectivity index (χ1n) is 5.68. The minimum Gasteiger partial charge on any atom is -0.491 e. The Hall–Kier alpha value is -2.04. The summed E-state index contributed by atoms with van der Waals surface area (Å²) in [5.74, 6) is 0.799. The third-order valence-electron chi connectivity index (χ3n) is 2.44. The first kappa shape index (κ1) is 11.4. The molecule has 5 heteroatoms. The summed E-state index contributed by atoms with van der Waals surface area (Å²) in [6.45, 7) is 2.84. The van der Waals surface area contributed by atoms with E-state index in [9.17, 15) is 0 Å². The smallest absolute Gasteiger partial charge is 0.143 e. The second-order valence-electron chi connectivity index (χ2n) is 3.80. The molecule has 17 heavy (non-hydrogen) atoms. The lowest BCUT2D eigenvalue weighted by Crippen LogP contribution is -2.02. The topological polar surface area (TPSA) is 66.0 Å².